The van der Waals surface area contributed by atoms with E-state index >= 15 is 0 Å². The largest absolute Gasteiger partial charge is 0.507 e. The Morgan fingerprint density at radius 1 is 1.07 bits per heavy atom. The highest BCUT2D eigenvalue weighted by Crippen LogP contribution is 2.28. The van der Waals surface area contributed by atoms with E-state index in [1.54, 1.807) is 12.3 Å². The number of aliphatic imine (C=N–C) groups is 1. The van der Waals surface area contributed by atoms with Gasteiger partial charge in [0.15, 0.2) is 5.76 Å². The Hall–Kier alpha value is -2.54. The minimum absolute atomic E-state index is 0.0776. The topological polar surface area (TPSA) is 96.0 Å². The first-order valence-corrected chi connectivity index (χ1v) is 9.22. The molecule has 1 aromatic rings. The molecule has 0 amide bonds. The van der Waals surface area contributed by atoms with E-state index < -0.39 is 11.2 Å². The molecule has 0 radical (unpaired) electrons. The van der Waals surface area contributed by atoms with Gasteiger partial charge in [-0.2, -0.15) is 0 Å². The molecule has 0 saturated carbocycles. The second-order valence-electron chi connectivity index (χ2n) is 8.26. The van der Waals surface area contributed by atoms with Crippen LogP contribution in [0.4, 0.5) is 0 Å². The van der Waals surface area contributed by atoms with Crippen molar-refractivity contribution in [1.82, 2.24) is 0 Å². The Balaban J connectivity index is 2.59. The van der Waals surface area contributed by atoms with Crippen molar-refractivity contribution >= 4 is 29.2 Å². The molecular weight excluding hydrogens is 382 g/mol. The number of nitrogens with zero attached hydrogens (tertiary/aromatic N) is 3. The number of phenols is 1. The first-order chi connectivity index (χ1) is 12.9. The lowest BCUT2D eigenvalue weighted by Gasteiger charge is -2.20. The summed E-state index contributed by atoms with van der Waals surface area (Å²) in [6.07, 6.45) is 1.87. The van der Waals surface area contributed by atoms with Crippen molar-refractivity contribution in [3.63, 3.8) is 0 Å². The summed E-state index contributed by atoms with van der Waals surface area (Å²) in [5.74, 6) is -0.284. The number of allylic oxidation sites excluding steroid dienone is 2. The monoisotopic (exact) mass is 407 g/mol. The van der Waals surface area contributed by atoms with Gasteiger partial charge in [-0.15, -0.1) is 0 Å². The minimum atomic E-state index is -0.597. The SMILES string of the molecule is CC(C)(C)ON=C1CC=NC(C(=NOC(C)(C)C)c2cc(Cl)ccc2O)=C1O. The Labute approximate surface area is 170 Å². The molecule has 0 aliphatic carbocycles. The lowest BCUT2D eigenvalue weighted by molar-refractivity contribution is 0.0000357. The van der Waals surface area contributed by atoms with Crippen molar-refractivity contribution in [2.45, 2.75) is 59.2 Å². The zero-order valence-electron chi connectivity index (χ0n) is 16.9. The van der Waals surface area contributed by atoms with Gasteiger partial charge in [-0.05, 0) is 59.7 Å². The zero-order valence-corrected chi connectivity index (χ0v) is 17.7. The van der Waals surface area contributed by atoms with E-state index in [0.29, 0.717) is 17.2 Å². The van der Waals surface area contributed by atoms with Crippen molar-refractivity contribution in [1.29, 1.82) is 0 Å². The molecule has 0 unspecified atom stereocenters. The van der Waals surface area contributed by atoms with Crippen LogP contribution < -0.4 is 0 Å². The third-order valence-electron chi connectivity index (χ3n) is 3.28. The highest BCUT2D eigenvalue weighted by atomic mass is 35.5. The molecule has 1 aromatic carbocycles. The molecule has 152 valence electrons. The van der Waals surface area contributed by atoms with E-state index in [1.807, 2.05) is 41.5 Å². The van der Waals surface area contributed by atoms with Gasteiger partial charge in [0.2, 0.25) is 0 Å². The number of aliphatic hydroxyl groups excluding tert-OH is 1. The third kappa shape index (κ3) is 5.99. The highest BCUT2D eigenvalue weighted by Gasteiger charge is 2.26. The Morgan fingerprint density at radius 2 is 1.71 bits per heavy atom. The van der Waals surface area contributed by atoms with Crippen LogP contribution >= 0.6 is 11.6 Å². The summed E-state index contributed by atoms with van der Waals surface area (Å²) in [6, 6.07) is 4.51. The number of hydrogen-bond acceptors (Lipinski definition) is 7. The number of aliphatic hydroxyl groups is 1. The molecule has 0 saturated heterocycles. The Morgan fingerprint density at radius 3 is 2.32 bits per heavy atom. The maximum absolute atomic E-state index is 10.8. The number of oxime groups is 2. The maximum atomic E-state index is 10.8. The lowest BCUT2D eigenvalue weighted by atomic mass is 10.0. The molecular formula is C20H26ClN3O4. The van der Waals surface area contributed by atoms with Gasteiger partial charge in [-0.3, -0.25) is 4.99 Å². The second-order valence-corrected chi connectivity index (χ2v) is 8.70. The first kappa shape index (κ1) is 21.8. The van der Waals surface area contributed by atoms with Crippen molar-refractivity contribution in [3.05, 3.63) is 40.2 Å². The van der Waals surface area contributed by atoms with Crippen LogP contribution in [0.5, 0.6) is 5.75 Å². The fourth-order valence-electron chi connectivity index (χ4n) is 2.06. The molecule has 1 aliphatic heterocycles. The minimum Gasteiger partial charge on any atom is -0.507 e. The number of halogens is 1. The highest BCUT2D eigenvalue weighted by molar-refractivity contribution is 6.31. The summed E-state index contributed by atoms with van der Waals surface area (Å²) >= 11 is 6.09. The van der Waals surface area contributed by atoms with E-state index in [1.165, 1.54) is 12.1 Å². The van der Waals surface area contributed by atoms with Crippen molar-refractivity contribution in [2.24, 2.45) is 15.3 Å². The summed E-state index contributed by atoms with van der Waals surface area (Å²) < 4.78 is 0. The lowest BCUT2D eigenvalue weighted by Crippen LogP contribution is -2.22. The number of hydrogen-bond donors (Lipinski definition) is 2. The quantitative estimate of drug-likeness (QED) is 0.543. The van der Waals surface area contributed by atoms with Crippen molar-refractivity contribution in [3.8, 4) is 5.75 Å². The normalized spacial score (nSPS) is 17.2. The Kier molecular flexibility index (Phi) is 6.39. The van der Waals surface area contributed by atoms with Gasteiger partial charge in [-0.25, -0.2) is 0 Å². The van der Waals surface area contributed by atoms with Crippen LogP contribution in [-0.2, 0) is 9.68 Å². The summed E-state index contributed by atoms with van der Waals surface area (Å²) in [6.45, 7) is 11.0. The van der Waals surface area contributed by atoms with Crippen LogP contribution in [0, 0.1) is 0 Å². The van der Waals surface area contributed by atoms with E-state index in [0.717, 1.165) is 0 Å². The van der Waals surface area contributed by atoms with Gasteiger partial charge in [0.1, 0.15) is 34.1 Å². The van der Waals surface area contributed by atoms with Gasteiger partial charge in [0.05, 0.1) is 0 Å². The first-order valence-electron chi connectivity index (χ1n) is 8.84. The molecule has 8 heteroatoms. The average molecular weight is 408 g/mol. The van der Waals surface area contributed by atoms with Crippen LogP contribution in [-0.4, -0.2) is 39.1 Å². The second kappa shape index (κ2) is 8.22. The maximum Gasteiger partial charge on any atom is 0.169 e. The van der Waals surface area contributed by atoms with Gasteiger partial charge >= 0.3 is 0 Å². The van der Waals surface area contributed by atoms with Crippen molar-refractivity contribution in [2.75, 3.05) is 0 Å². The van der Waals surface area contributed by atoms with Gasteiger partial charge in [0, 0.05) is 23.2 Å². The van der Waals surface area contributed by atoms with Crippen LogP contribution in [0.2, 0.25) is 5.02 Å². The van der Waals surface area contributed by atoms with Crippen molar-refractivity contribution < 1.29 is 19.9 Å². The fourth-order valence-corrected chi connectivity index (χ4v) is 2.24. The van der Waals surface area contributed by atoms with Gasteiger partial charge < -0.3 is 19.9 Å². The van der Waals surface area contributed by atoms with Crippen LogP contribution in [0.25, 0.3) is 0 Å². The summed E-state index contributed by atoms with van der Waals surface area (Å²) in [4.78, 5) is 15.2. The molecule has 7 nitrogen and oxygen atoms in total. The standard InChI is InChI=1S/C20H26ClN3O4/c1-19(2,3)27-23-14-9-10-22-17(18(14)26)16(24-28-20(4,5)6)13-11-12(21)7-8-15(13)25/h7-8,10-11,25-26H,9H2,1-6H3. The van der Waals surface area contributed by atoms with E-state index in [4.69, 9.17) is 21.3 Å². The molecule has 28 heavy (non-hydrogen) atoms. The fraction of sp³-hybridized carbons (Fsp3) is 0.450. The summed E-state index contributed by atoms with van der Waals surface area (Å²) in [5, 5.41) is 29.7. The summed E-state index contributed by atoms with van der Waals surface area (Å²) in [7, 11) is 0. The molecule has 0 atom stereocenters. The molecule has 0 bridgehead atoms. The molecule has 0 fully saturated rings. The third-order valence-corrected chi connectivity index (χ3v) is 3.52. The molecule has 0 spiro atoms. The number of phenolic OH excluding ortho intramolecular Hbond substituents is 1. The molecule has 1 heterocycles. The molecule has 1 aliphatic rings. The zero-order chi connectivity index (χ0) is 21.1. The average Bonchev–Trinajstić information content (AvgIpc) is 2.56. The van der Waals surface area contributed by atoms with E-state index in [2.05, 4.69) is 15.3 Å². The predicted octanol–water partition coefficient (Wildman–Crippen LogP) is 4.98. The summed E-state index contributed by atoms with van der Waals surface area (Å²) in [5.41, 5.74) is -0.311. The number of rotatable bonds is 4. The van der Waals surface area contributed by atoms with E-state index in [-0.39, 0.29) is 28.5 Å². The molecule has 0 aromatic heterocycles. The molecule has 2 rings (SSSR count). The van der Waals surface area contributed by atoms with E-state index in [9.17, 15) is 10.2 Å². The number of aromatic hydroxyl groups is 1. The predicted molar refractivity (Wildman–Crippen MR) is 112 cm³/mol. The molecule has 2 N–H and O–H groups in total. The van der Waals surface area contributed by atoms with Gasteiger partial charge in [-0.1, -0.05) is 21.9 Å². The van der Waals surface area contributed by atoms with Crippen LogP contribution in [0.15, 0.2) is 45.0 Å². The smallest absolute Gasteiger partial charge is 0.169 e. The number of benzene rings is 1. The van der Waals surface area contributed by atoms with Crippen LogP contribution in [0.3, 0.4) is 0 Å². The Bertz CT molecular complexity index is 859. The van der Waals surface area contributed by atoms with Crippen LogP contribution in [0.1, 0.15) is 53.5 Å². The van der Waals surface area contributed by atoms with Gasteiger partial charge in [0.25, 0.3) is 0 Å².